The van der Waals surface area contributed by atoms with Crippen LogP contribution in [0.1, 0.15) is 45.2 Å². The molecule has 1 fully saturated rings. The monoisotopic (exact) mass is 278 g/mol. The lowest BCUT2D eigenvalue weighted by atomic mass is 10.1. The number of aryl methyl sites for hydroxylation is 1. The lowest BCUT2D eigenvalue weighted by molar-refractivity contribution is -0.132. The van der Waals surface area contributed by atoms with Crippen LogP contribution >= 0.6 is 0 Å². The van der Waals surface area contributed by atoms with Gasteiger partial charge in [-0.2, -0.15) is 5.10 Å². The molecule has 1 aliphatic rings. The predicted octanol–water partition coefficient (Wildman–Crippen LogP) is 1.74. The van der Waals surface area contributed by atoms with E-state index in [-0.39, 0.29) is 24.0 Å². The molecule has 3 atom stereocenters. The van der Waals surface area contributed by atoms with Gasteiger partial charge in [-0.1, -0.05) is 0 Å². The summed E-state index contributed by atoms with van der Waals surface area (Å²) in [6, 6.07) is 0.274. The molecule has 1 saturated heterocycles. The van der Waals surface area contributed by atoms with Gasteiger partial charge in [0.15, 0.2) is 0 Å². The zero-order valence-corrected chi connectivity index (χ0v) is 13.0. The summed E-state index contributed by atoms with van der Waals surface area (Å²) in [7, 11) is 0. The molecule has 0 aliphatic carbocycles. The van der Waals surface area contributed by atoms with Crippen LogP contribution in [0, 0.1) is 6.92 Å². The molecule has 1 amide bonds. The van der Waals surface area contributed by atoms with Crippen molar-refractivity contribution in [2.75, 3.05) is 13.1 Å². The first kappa shape index (κ1) is 15.0. The summed E-state index contributed by atoms with van der Waals surface area (Å²) in [6.07, 6.45) is 6.17. The molecule has 0 bridgehead atoms. The number of aromatic nitrogens is 2. The van der Waals surface area contributed by atoms with E-state index in [1.165, 1.54) is 0 Å². The van der Waals surface area contributed by atoms with Crippen molar-refractivity contribution in [2.45, 2.75) is 58.7 Å². The standard InChI is InChI=1S/C15H26N4O/c1-11-9-16-19(10-11)14(4)12(2)17-13(3)15(20)18-7-5-6-8-18/h9-10,12-14,17H,5-8H2,1-4H3. The Hall–Kier alpha value is -1.36. The number of rotatable bonds is 5. The molecule has 112 valence electrons. The Morgan fingerprint density at radius 2 is 1.95 bits per heavy atom. The van der Waals surface area contributed by atoms with Gasteiger partial charge >= 0.3 is 0 Å². The summed E-state index contributed by atoms with van der Waals surface area (Å²) in [5.41, 5.74) is 1.16. The van der Waals surface area contributed by atoms with Crippen molar-refractivity contribution in [3.63, 3.8) is 0 Å². The van der Waals surface area contributed by atoms with Crippen LogP contribution in [0.4, 0.5) is 0 Å². The van der Waals surface area contributed by atoms with Crippen molar-refractivity contribution in [1.29, 1.82) is 0 Å². The van der Waals surface area contributed by atoms with E-state index in [0.717, 1.165) is 31.5 Å². The average molecular weight is 278 g/mol. The first-order valence-electron chi connectivity index (χ1n) is 7.54. The second-order valence-electron chi connectivity index (χ2n) is 5.95. The van der Waals surface area contributed by atoms with E-state index in [9.17, 15) is 4.79 Å². The molecule has 2 rings (SSSR count). The number of nitrogens with one attached hydrogen (secondary N) is 1. The molecule has 20 heavy (non-hydrogen) atoms. The lowest BCUT2D eigenvalue weighted by Gasteiger charge is -2.27. The molecule has 0 radical (unpaired) electrons. The normalized spacial score (nSPS) is 19.9. The van der Waals surface area contributed by atoms with Crippen molar-refractivity contribution in [3.8, 4) is 0 Å². The SMILES string of the molecule is Cc1cnn(C(C)C(C)NC(C)C(=O)N2CCCC2)c1. The predicted molar refractivity (Wildman–Crippen MR) is 79.5 cm³/mol. The van der Waals surface area contributed by atoms with Crippen LogP contribution in [-0.2, 0) is 4.79 Å². The maximum atomic E-state index is 12.3. The molecule has 5 heteroatoms. The van der Waals surface area contributed by atoms with E-state index in [1.54, 1.807) is 0 Å². The minimum atomic E-state index is -0.137. The van der Waals surface area contributed by atoms with Gasteiger partial charge in [-0.15, -0.1) is 0 Å². The second-order valence-corrected chi connectivity index (χ2v) is 5.95. The minimum absolute atomic E-state index is 0.137. The summed E-state index contributed by atoms with van der Waals surface area (Å²) in [5.74, 6) is 0.221. The van der Waals surface area contributed by atoms with Gasteiger partial charge in [-0.05, 0) is 46.1 Å². The van der Waals surface area contributed by atoms with E-state index in [1.807, 2.05) is 35.8 Å². The topological polar surface area (TPSA) is 50.2 Å². The Morgan fingerprint density at radius 3 is 2.50 bits per heavy atom. The maximum absolute atomic E-state index is 12.3. The van der Waals surface area contributed by atoms with Crippen molar-refractivity contribution in [2.24, 2.45) is 0 Å². The van der Waals surface area contributed by atoms with Gasteiger partial charge in [0.1, 0.15) is 0 Å². The van der Waals surface area contributed by atoms with Gasteiger partial charge in [-0.3, -0.25) is 9.48 Å². The van der Waals surface area contributed by atoms with Crippen LogP contribution in [0.5, 0.6) is 0 Å². The Bertz CT molecular complexity index is 450. The Balaban J connectivity index is 1.89. The highest BCUT2D eigenvalue weighted by molar-refractivity contribution is 5.81. The molecule has 1 aromatic heterocycles. The van der Waals surface area contributed by atoms with Crippen LogP contribution in [-0.4, -0.2) is 45.8 Å². The Morgan fingerprint density at radius 1 is 1.30 bits per heavy atom. The van der Waals surface area contributed by atoms with Gasteiger partial charge in [0.05, 0.1) is 18.3 Å². The third-order valence-electron chi connectivity index (χ3n) is 4.17. The zero-order valence-electron chi connectivity index (χ0n) is 13.0. The molecule has 1 aliphatic heterocycles. The maximum Gasteiger partial charge on any atom is 0.239 e. The van der Waals surface area contributed by atoms with E-state index in [2.05, 4.69) is 24.3 Å². The van der Waals surface area contributed by atoms with E-state index in [0.29, 0.717) is 0 Å². The van der Waals surface area contributed by atoms with Gasteiger partial charge in [0, 0.05) is 25.3 Å². The van der Waals surface area contributed by atoms with Crippen molar-refractivity contribution >= 4 is 5.91 Å². The number of carbonyl (C=O) groups is 1. The molecule has 0 spiro atoms. The Labute approximate surface area is 121 Å². The van der Waals surface area contributed by atoms with Gasteiger partial charge in [0.25, 0.3) is 0 Å². The molecule has 0 saturated carbocycles. The average Bonchev–Trinajstić information content (AvgIpc) is 3.07. The first-order chi connectivity index (χ1) is 9.49. The lowest BCUT2D eigenvalue weighted by Crippen LogP contribution is -2.48. The van der Waals surface area contributed by atoms with Crippen LogP contribution < -0.4 is 5.32 Å². The van der Waals surface area contributed by atoms with Gasteiger partial charge in [-0.25, -0.2) is 0 Å². The summed E-state index contributed by atoms with van der Waals surface area (Å²) in [6.45, 7) is 10.0. The third kappa shape index (κ3) is 3.39. The summed E-state index contributed by atoms with van der Waals surface area (Å²) in [5, 5.41) is 7.76. The molecule has 5 nitrogen and oxygen atoms in total. The fourth-order valence-electron chi connectivity index (χ4n) is 2.70. The fourth-order valence-corrected chi connectivity index (χ4v) is 2.70. The number of amides is 1. The van der Waals surface area contributed by atoms with Crippen LogP contribution in [0.25, 0.3) is 0 Å². The number of nitrogens with zero attached hydrogens (tertiary/aromatic N) is 3. The molecule has 0 aromatic carbocycles. The van der Waals surface area contributed by atoms with Crippen molar-refractivity contribution < 1.29 is 4.79 Å². The first-order valence-corrected chi connectivity index (χ1v) is 7.54. The highest BCUT2D eigenvalue weighted by atomic mass is 16.2. The highest BCUT2D eigenvalue weighted by Gasteiger charge is 2.25. The van der Waals surface area contributed by atoms with Crippen molar-refractivity contribution in [3.05, 3.63) is 18.0 Å². The van der Waals surface area contributed by atoms with Gasteiger partial charge in [0.2, 0.25) is 5.91 Å². The quantitative estimate of drug-likeness (QED) is 0.892. The third-order valence-corrected chi connectivity index (χ3v) is 4.17. The molecule has 1 N–H and O–H groups in total. The second kappa shape index (κ2) is 6.39. The number of likely N-dealkylation sites (tertiary alicyclic amines) is 1. The number of hydrogen-bond donors (Lipinski definition) is 1. The van der Waals surface area contributed by atoms with Crippen LogP contribution in [0.3, 0.4) is 0 Å². The molecular weight excluding hydrogens is 252 g/mol. The van der Waals surface area contributed by atoms with Crippen LogP contribution in [0.15, 0.2) is 12.4 Å². The van der Waals surface area contributed by atoms with Crippen LogP contribution in [0.2, 0.25) is 0 Å². The molecule has 3 unspecified atom stereocenters. The fraction of sp³-hybridized carbons (Fsp3) is 0.733. The summed E-state index contributed by atoms with van der Waals surface area (Å²) < 4.78 is 1.96. The number of carbonyl (C=O) groups excluding carboxylic acids is 1. The molecule has 2 heterocycles. The summed E-state index contributed by atoms with van der Waals surface area (Å²) in [4.78, 5) is 14.3. The van der Waals surface area contributed by atoms with E-state index >= 15 is 0 Å². The summed E-state index contributed by atoms with van der Waals surface area (Å²) >= 11 is 0. The molecular formula is C15H26N4O. The van der Waals surface area contributed by atoms with Gasteiger partial charge < -0.3 is 10.2 Å². The highest BCUT2D eigenvalue weighted by Crippen LogP contribution is 2.13. The van der Waals surface area contributed by atoms with E-state index in [4.69, 9.17) is 0 Å². The smallest absolute Gasteiger partial charge is 0.239 e. The van der Waals surface area contributed by atoms with E-state index < -0.39 is 0 Å². The minimum Gasteiger partial charge on any atom is -0.341 e. The van der Waals surface area contributed by atoms with Crippen molar-refractivity contribution in [1.82, 2.24) is 20.0 Å². The largest absolute Gasteiger partial charge is 0.341 e. The zero-order chi connectivity index (χ0) is 14.7. The molecule has 1 aromatic rings. The Kier molecular flexibility index (Phi) is 4.81. The number of hydrogen-bond acceptors (Lipinski definition) is 3.